The van der Waals surface area contributed by atoms with Crippen LogP contribution in [0.15, 0.2) is 0 Å². The summed E-state index contributed by atoms with van der Waals surface area (Å²) in [6, 6.07) is 0. The summed E-state index contributed by atoms with van der Waals surface area (Å²) in [5.41, 5.74) is 3.89. The van der Waals surface area contributed by atoms with E-state index < -0.39 is 0 Å². The maximum Gasteiger partial charge on any atom is -0.0268 e. The number of hydrogen-bond acceptors (Lipinski definition) is 0. The third-order valence-electron chi connectivity index (χ3n) is 17.9. The van der Waals surface area contributed by atoms with Crippen LogP contribution in [-0.4, -0.2) is 0 Å². The lowest BCUT2D eigenvalue weighted by Crippen LogP contribution is -2.20. The van der Waals surface area contributed by atoms with Crippen LogP contribution >= 0.6 is 0 Å². The second-order valence-electron chi connectivity index (χ2n) is 24.4. The van der Waals surface area contributed by atoms with Crippen molar-refractivity contribution < 1.29 is 0 Å². The van der Waals surface area contributed by atoms with Gasteiger partial charge < -0.3 is 0 Å². The van der Waals surface area contributed by atoms with Crippen LogP contribution in [-0.2, 0) is 0 Å². The maximum absolute atomic E-state index is 2.37. The molecule has 1 spiro atoms. The molecule has 10 aliphatic carbocycles. The van der Waals surface area contributed by atoms with E-state index in [1.54, 1.807) is 19.3 Å². The van der Waals surface area contributed by atoms with Crippen LogP contribution in [0, 0.1) is 92.2 Å². The highest BCUT2D eigenvalue weighted by atomic mass is 14.6. The summed E-state index contributed by atoms with van der Waals surface area (Å²) >= 11 is 0. The predicted octanol–water partition coefficient (Wildman–Crippen LogP) is 18.5. The summed E-state index contributed by atoms with van der Waals surface area (Å²) < 4.78 is 0. The summed E-state index contributed by atoms with van der Waals surface area (Å²) in [6.45, 7) is 44.0. The van der Waals surface area contributed by atoms with Crippen molar-refractivity contribution in [2.45, 2.75) is 254 Å². The van der Waals surface area contributed by atoms with Crippen molar-refractivity contribution >= 4 is 0 Å². The van der Waals surface area contributed by atoms with Crippen molar-refractivity contribution in [1.29, 1.82) is 0 Å². The zero-order valence-corrected chi connectivity index (χ0v) is 41.3. The lowest BCUT2D eigenvalue weighted by Gasteiger charge is -2.33. The van der Waals surface area contributed by atoms with Gasteiger partial charge in [-0.2, -0.15) is 0 Å². The van der Waals surface area contributed by atoms with Gasteiger partial charge in [0.25, 0.3) is 0 Å². The zero-order valence-electron chi connectivity index (χ0n) is 41.3. The quantitative estimate of drug-likeness (QED) is 0.268. The van der Waals surface area contributed by atoms with Gasteiger partial charge >= 0.3 is 0 Å². The van der Waals surface area contributed by atoms with E-state index in [0.717, 1.165) is 81.3 Å². The SMILES string of the molecule is CC1(C)CCC1.CC1C(C)C1C.CC1CC1(C)C.CCC1(C)CC1.CCC1CC1C.CCC1CCC1.CCC1C[C@@H]1C.C[C@H]1CC1(C)C.C[C@H]1CC12CC2. The highest BCUT2D eigenvalue weighted by Crippen LogP contribution is 2.70. The minimum Gasteiger partial charge on any atom is -0.0651 e. The predicted molar refractivity (Wildman–Crippen MR) is 246 cm³/mol. The molecular formula is C54H106. The van der Waals surface area contributed by atoms with Gasteiger partial charge in [-0.05, 0) is 163 Å². The fourth-order valence-electron chi connectivity index (χ4n) is 8.07. The minimum atomic E-state index is 0.708. The van der Waals surface area contributed by atoms with Crippen molar-refractivity contribution in [2.75, 3.05) is 0 Å². The smallest absolute Gasteiger partial charge is 0.0268 e. The molecule has 0 heterocycles. The Balaban J connectivity index is 0.000000210. The van der Waals surface area contributed by atoms with Gasteiger partial charge in [0.2, 0.25) is 0 Å². The molecule has 10 fully saturated rings. The molecule has 0 amide bonds. The summed E-state index contributed by atoms with van der Waals surface area (Å²) in [6.07, 6.45) is 28.0. The Morgan fingerprint density at radius 2 is 0.759 bits per heavy atom. The summed E-state index contributed by atoms with van der Waals surface area (Å²) in [7, 11) is 0. The van der Waals surface area contributed by atoms with E-state index in [9.17, 15) is 0 Å². The Bertz CT molecular complexity index is 899. The first-order chi connectivity index (χ1) is 24.9. The van der Waals surface area contributed by atoms with E-state index in [1.165, 1.54) is 103 Å². The molecule has 10 saturated carbocycles. The molecule has 0 saturated heterocycles. The van der Waals surface area contributed by atoms with Crippen molar-refractivity contribution in [2.24, 2.45) is 92.2 Å². The Morgan fingerprint density at radius 3 is 0.759 bits per heavy atom. The first kappa shape index (κ1) is 50.1. The van der Waals surface area contributed by atoms with Gasteiger partial charge in [0.1, 0.15) is 0 Å². The van der Waals surface area contributed by atoms with Crippen LogP contribution in [0.25, 0.3) is 0 Å². The van der Waals surface area contributed by atoms with Crippen LogP contribution in [0.4, 0.5) is 0 Å². The van der Waals surface area contributed by atoms with E-state index >= 15 is 0 Å². The topological polar surface area (TPSA) is 0 Å². The lowest BCUT2D eigenvalue weighted by molar-refractivity contribution is 0.190. The largest absolute Gasteiger partial charge is 0.0651 e. The summed E-state index contributed by atoms with van der Waals surface area (Å²) in [4.78, 5) is 0. The number of rotatable bonds is 4. The Hall–Kier alpha value is 0. The minimum absolute atomic E-state index is 0.708. The maximum atomic E-state index is 2.37. The molecule has 10 aliphatic rings. The van der Waals surface area contributed by atoms with E-state index in [2.05, 4.69) is 132 Å². The summed E-state index contributed by atoms with van der Waals surface area (Å²) in [5.74, 6) is 11.6. The van der Waals surface area contributed by atoms with Crippen molar-refractivity contribution in [1.82, 2.24) is 0 Å². The van der Waals surface area contributed by atoms with Crippen LogP contribution in [0.3, 0.4) is 0 Å². The van der Waals surface area contributed by atoms with Crippen molar-refractivity contribution in [3.05, 3.63) is 0 Å². The molecule has 0 aromatic carbocycles. The van der Waals surface area contributed by atoms with Crippen LogP contribution in [0.5, 0.6) is 0 Å². The standard InChI is InChI=1S/C6H10.8C6H12/c1-5-4-6(5)2-3-6;2*1-5-4-6(5,2)3;1-6(2)4-3-5-6;1-4-5(2)6(4)3;1-3-6(2)4-5-6;2*1-3-6-4-5(6)2;1-2-6-4-3-5-6/h5H,2-4H2,1H3;2*5H,4H2,1-3H3;3-5H2,1-2H3;4-6H,1-3H3;3-5H2,1-2H3;2*5-6H,3-4H2,1-2H3;6H,2-5H2,1H3/t2*5-;;;;;5-,6?;;/m00....0../s1. The Labute approximate surface area is 344 Å². The molecule has 0 aromatic heterocycles. The van der Waals surface area contributed by atoms with Crippen LogP contribution in [0.2, 0.25) is 0 Å². The third kappa shape index (κ3) is 20.1. The molecule has 54 heavy (non-hydrogen) atoms. The second kappa shape index (κ2) is 21.3. The number of hydrogen-bond donors (Lipinski definition) is 0. The molecule has 7 atom stereocenters. The van der Waals surface area contributed by atoms with Crippen LogP contribution in [0.1, 0.15) is 254 Å². The molecule has 0 radical (unpaired) electrons. The van der Waals surface area contributed by atoms with E-state index in [1.807, 2.05) is 0 Å². The van der Waals surface area contributed by atoms with Crippen LogP contribution < -0.4 is 0 Å². The third-order valence-corrected chi connectivity index (χ3v) is 17.9. The van der Waals surface area contributed by atoms with Gasteiger partial charge in [-0.3, -0.25) is 0 Å². The van der Waals surface area contributed by atoms with Gasteiger partial charge in [-0.25, -0.2) is 0 Å². The van der Waals surface area contributed by atoms with Gasteiger partial charge in [-0.1, -0.05) is 183 Å². The normalized spacial score (nSPS) is 38.5. The van der Waals surface area contributed by atoms with Gasteiger partial charge in [-0.15, -0.1) is 0 Å². The average molecular weight is 755 g/mol. The second-order valence-corrected chi connectivity index (χ2v) is 24.4. The van der Waals surface area contributed by atoms with Gasteiger partial charge in [0.15, 0.2) is 0 Å². The molecule has 10 rings (SSSR count). The fraction of sp³-hybridized carbons (Fsp3) is 1.00. The van der Waals surface area contributed by atoms with Gasteiger partial charge in [0.05, 0.1) is 0 Å². The Morgan fingerprint density at radius 1 is 0.444 bits per heavy atom. The monoisotopic (exact) mass is 755 g/mol. The van der Waals surface area contributed by atoms with Crippen molar-refractivity contribution in [3.63, 3.8) is 0 Å². The molecular weight excluding hydrogens is 649 g/mol. The molecule has 0 bridgehead atoms. The molecule has 0 aromatic rings. The van der Waals surface area contributed by atoms with E-state index in [-0.39, 0.29) is 0 Å². The van der Waals surface area contributed by atoms with E-state index in [4.69, 9.17) is 0 Å². The summed E-state index contributed by atoms with van der Waals surface area (Å²) in [5, 5.41) is 0. The molecule has 0 N–H and O–H groups in total. The molecule has 0 heteroatoms. The Kier molecular flexibility index (Phi) is 19.8. The lowest BCUT2D eigenvalue weighted by atomic mass is 9.72. The van der Waals surface area contributed by atoms with Gasteiger partial charge in [0, 0.05) is 0 Å². The molecule has 0 aliphatic heterocycles. The fourth-order valence-corrected chi connectivity index (χ4v) is 8.07. The first-order valence-electron chi connectivity index (χ1n) is 24.9. The highest BCUT2D eigenvalue weighted by Gasteiger charge is 2.59. The molecule has 322 valence electrons. The van der Waals surface area contributed by atoms with E-state index in [0.29, 0.717) is 10.8 Å². The molecule has 0 nitrogen and oxygen atoms in total. The molecule has 4 unspecified atom stereocenters. The zero-order chi connectivity index (χ0) is 41.3. The first-order valence-corrected chi connectivity index (χ1v) is 24.9. The highest BCUT2D eigenvalue weighted by molar-refractivity contribution is 5.10. The average Bonchev–Trinajstić information content (AvgIpc) is 3.84. The van der Waals surface area contributed by atoms with Crippen molar-refractivity contribution in [3.8, 4) is 0 Å².